The molecule has 0 bridgehead atoms. The zero-order valence-corrected chi connectivity index (χ0v) is 13.5. The number of carbonyl (C=O) groups excluding carboxylic acids is 1. The first-order valence-electron chi connectivity index (χ1n) is 7.06. The van der Waals surface area contributed by atoms with Gasteiger partial charge < -0.3 is 9.88 Å². The molecule has 0 aliphatic heterocycles. The molecular formula is C17H15ClN4O. The van der Waals surface area contributed by atoms with Gasteiger partial charge in [-0.05, 0) is 37.3 Å². The molecule has 0 fully saturated rings. The van der Waals surface area contributed by atoms with Crippen LogP contribution >= 0.6 is 11.6 Å². The van der Waals surface area contributed by atoms with Crippen LogP contribution in [0.25, 0.3) is 11.4 Å². The lowest BCUT2D eigenvalue weighted by molar-refractivity contribution is 0.102. The van der Waals surface area contributed by atoms with Gasteiger partial charge in [-0.25, -0.2) is 4.98 Å². The van der Waals surface area contributed by atoms with E-state index in [1.165, 1.54) is 6.20 Å². The Morgan fingerprint density at radius 3 is 2.74 bits per heavy atom. The van der Waals surface area contributed by atoms with E-state index in [0.29, 0.717) is 16.3 Å². The number of rotatable bonds is 3. The molecule has 116 valence electrons. The second-order valence-corrected chi connectivity index (χ2v) is 5.58. The van der Waals surface area contributed by atoms with Crippen molar-refractivity contribution >= 4 is 23.2 Å². The molecule has 0 aliphatic carbocycles. The van der Waals surface area contributed by atoms with Gasteiger partial charge in [-0.3, -0.25) is 9.78 Å². The Labute approximate surface area is 139 Å². The second kappa shape index (κ2) is 6.22. The zero-order valence-electron chi connectivity index (χ0n) is 12.7. The van der Waals surface area contributed by atoms with Gasteiger partial charge in [0.1, 0.15) is 5.82 Å². The second-order valence-electron chi connectivity index (χ2n) is 5.17. The maximum absolute atomic E-state index is 12.2. The summed E-state index contributed by atoms with van der Waals surface area (Å²) in [6, 6.07) is 8.76. The number of amides is 1. The number of nitrogens with zero attached hydrogens (tertiary/aromatic N) is 3. The summed E-state index contributed by atoms with van der Waals surface area (Å²) in [6.07, 6.45) is 4.93. The topological polar surface area (TPSA) is 59.8 Å². The van der Waals surface area contributed by atoms with Gasteiger partial charge in [0, 0.05) is 42.6 Å². The summed E-state index contributed by atoms with van der Waals surface area (Å²) in [5.41, 5.74) is 2.95. The van der Waals surface area contributed by atoms with E-state index >= 15 is 0 Å². The molecular weight excluding hydrogens is 312 g/mol. The molecule has 3 aromatic rings. The van der Waals surface area contributed by atoms with E-state index in [4.69, 9.17) is 11.6 Å². The summed E-state index contributed by atoms with van der Waals surface area (Å²) in [5.74, 6) is 0.535. The summed E-state index contributed by atoms with van der Waals surface area (Å²) in [6.45, 7) is 1.97. The minimum atomic E-state index is -0.220. The zero-order chi connectivity index (χ0) is 16.4. The number of nitrogens with one attached hydrogen (secondary N) is 1. The lowest BCUT2D eigenvalue weighted by atomic mass is 10.1. The summed E-state index contributed by atoms with van der Waals surface area (Å²) in [7, 11) is 1.93. The first-order valence-corrected chi connectivity index (χ1v) is 7.43. The average Bonchev–Trinajstić information content (AvgIpc) is 2.89. The number of aryl methyl sites for hydroxylation is 1. The van der Waals surface area contributed by atoms with Crippen molar-refractivity contribution in [1.82, 2.24) is 14.5 Å². The molecule has 5 nitrogen and oxygen atoms in total. The normalized spacial score (nSPS) is 10.6. The third-order valence-electron chi connectivity index (χ3n) is 3.61. The highest BCUT2D eigenvalue weighted by Crippen LogP contribution is 2.30. The highest BCUT2D eigenvalue weighted by Gasteiger charge is 2.13. The van der Waals surface area contributed by atoms with Gasteiger partial charge >= 0.3 is 0 Å². The molecule has 1 N–H and O–H groups in total. The third kappa shape index (κ3) is 3.10. The maximum Gasteiger partial charge on any atom is 0.257 e. The van der Waals surface area contributed by atoms with Gasteiger partial charge in [0.05, 0.1) is 10.6 Å². The molecule has 1 aromatic carbocycles. The first-order chi connectivity index (χ1) is 11.1. The van der Waals surface area contributed by atoms with Crippen molar-refractivity contribution in [2.24, 2.45) is 7.05 Å². The van der Waals surface area contributed by atoms with Crippen LogP contribution in [0.1, 0.15) is 16.1 Å². The fourth-order valence-corrected chi connectivity index (χ4v) is 2.42. The Hall–Kier alpha value is -2.66. The third-order valence-corrected chi connectivity index (χ3v) is 3.94. The Kier molecular flexibility index (Phi) is 4.12. The van der Waals surface area contributed by atoms with Crippen LogP contribution in [-0.2, 0) is 7.05 Å². The van der Waals surface area contributed by atoms with Gasteiger partial charge in [0.15, 0.2) is 0 Å². The standard InChI is InChI=1S/C17H15ClN4O/c1-11-9-20-16(22(11)2)14-8-13(5-6-15(14)18)21-17(23)12-4-3-7-19-10-12/h3-10H,1-2H3,(H,21,23). The van der Waals surface area contributed by atoms with E-state index in [9.17, 15) is 4.79 Å². The van der Waals surface area contributed by atoms with Crippen molar-refractivity contribution in [3.8, 4) is 11.4 Å². The van der Waals surface area contributed by atoms with Gasteiger partial charge in [0.2, 0.25) is 0 Å². The van der Waals surface area contributed by atoms with Crippen LogP contribution in [0.2, 0.25) is 5.02 Å². The molecule has 0 saturated heterocycles. The number of carbonyl (C=O) groups is 1. The van der Waals surface area contributed by atoms with E-state index in [0.717, 1.165) is 17.1 Å². The first kappa shape index (κ1) is 15.2. The molecule has 2 aromatic heterocycles. The number of pyridine rings is 1. The molecule has 0 radical (unpaired) electrons. The molecule has 6 heteroatoms. The smallest absolute Gasteiger partial charge is 0.257 e. The minimum absolute atomic E-state index is 0.220. The van der Waals surface area contributed by atoms with E-state index in [-0.39, 0.29) is 5.91 Å². The number of hydrogen-bond donors (Lipinski definition) is 1. The molecule has 0 atom stereocenters. The molecule has 2 heterocycles. The number of anilines is 1. The van der Waals surface area contributed by atoms with Crippen LogP contribution in [0.4, 0.5) is 5.69 Å². The number of halogens is 1. The lowest BCUT2D eigenvalue weighted by Gasteiger charge is -2.10. The Balaban J connectivity index is 1.92. The van der Waals surface area contributed by atoms with Crippen LogP contribution in [0, 0.1) is 6.92 Å². The number of imidazole rings is 1. The van der Waals surface area contributed by atoms with Gasteiger partial charge in [0.25, 0.3) is 5.91 Å². The maximum atomic E-state index is 12.2. The largest absolute Gasteiger partial charge is 0.331 e. The predicted octanol–water partition coefficient (Wildman–Crippen LogP) is 3.70. The van der Waals surface area contributed by atoms with E-state index in [1.807, 2.05) is 24.6 Å². The molecule has 1 amide bonds. The molecule has 3 rings (SSSR count). The Bertz CT molecular complexity index is 858. The van der Waals surface area contributed by atoms with Crippen LogP contribution in [0.5, 0.6) is 0 Å². The number of aromatic nitrogens is 3. The van der Waals surface area contributed by atoms with Crippen molar-refractivity contribution in [2.45, 2.75) is 6.92 Å². The van der Waals surface area contributed by atoms with E-state index < -0.39 is 0 Å². The van der Waals surface area contributed by atoms with Crippen LogP contribution in [-0.4, -0.2) is 20.4 Å². The molecule has 0 saturated carbocycles. The van der Waals surface area contributed by atoms with Crippen molar-refractivity contribution in [3.63, 3.8) is 0 Å². The van der Waals surface area contributed by atoms with Gasteiger partial charge in [-0.2, -0.15) is 0 Å². The van der Waals surface area contributed by atoms with Crippen LogP contribution in [0.15, 0.2) is 48.9 Å². The lowest BCUT2D eigenvalue weighted by Crippen LogP contribution is -2.12. The van der Waals surface area contributed by atoms with Crippen molar-refractivity contribution in [3.05, 3.63) is 65.2 Å². The van der Waals surface area contributed by atoms with E-state index in [1.54, 1.807) is 36.7 Å². The highest BCUT2D eigenvalue weighted by molar-refractivity contribution is 6.33. The van der Waals surface area contributed by atoms with Crippen LogP contribution < -0.4 is 5.32 Å². The van der Waals surface area contributed by atoms with Crippen molar-refractivity contribution < 1.29 is 4.79 Å². The summed E-state index contributed by atoms with van der Waals surface area (Å²) in [4.78, 5) is 20.5. The number of hydrogen-bond acceptors (Lipinski definition) is 3. The molecule has 0 aliphatic rings. The van der Waals surface area contributed by atoms with E-state index in [2.05, 4.69) is 15.3 Å². The molecule has 23 heavy (non-hydrogen) atoms. The average molecular weight is 327 g/mol. The van der Waals surface area contributed by atoms with Gasteiger partial charge in [-0.15, -0.1) is 0 Å². The van der Waals surface area contributed by atoms with Gasteiger partial charge in [-0.1, -0.05) is 11.6 Å². The Morgan fingerprint density at radius 1 is 1.26 bits per heavy atom. The number of benzene rings is 1. The summed E-state index contributed by atoms with van der Waals surface area (Å²) >= 11 is 6.29. The summed E-state index contributed by atoms with van der Waals surface area (Å²) in [5, 5.41) is 3.43. The quantitative estimate of drug-likeness (QED) is 0.798. The van der Waals surface area contributed by atoms with Crippen LogP contribution in [0.3, 0.4) is 0 Å². The Morgan fingerprint density at radius 2 is 2.09 bits per heavy atom. The minimum Gasteiger partial charge on any atom is -0.331 e. The van der Waals surface area contributed by atoms with Crippen molar-refractivity contribution in [1.29, 1.82) is 0 Å². The fraction of sp³-hybridized carbons (Fsp3) is 0.118. The monoisotopic (exact) mass is 326 g/mol. The predicted molar refractivity (Wildman–Crippen MR) is 90.6 cm³/mol. The molecule has 0 unspecified atom stereocenters. The SMILES string of the molecule is Cc1cnc(-c2cc(NC(=O)c3cccnc3)ccc2Cl)n1C. The molecule has 0 spiro atoms. The fourth-order valence-electron chi connectivity index (χ4n) is 2.22. The summed E-state index contributed by atoms with van der Waals surface area (Å²) < 4.78 is 1.95. The van der Waals surface area contributed by atoms with Crippen molar-refractivity contribution in [2.75, 3.05) is 5.32 Å². The highest BCUT2D eigenvalue weighted by atomic mass is 35.5.